The SMILES string of the molecule is CC(CCn1c[nH+]c2ccccc2c1=O)[NH2+]CCc1ccccc1.[Cl-].[Cl-]. The van der Waals surface area contributed by atoms with Crippen LogP contribution in [0, 0.1) is 0 Å². The molecule has 0 aliphatic heterocycles. The van der Waals surface area contributed by atoms with Gasteiger partial charge in [0.25, 0.3) is 0 Å². The zero-order valence-corrected chi connectivity index (χ0v) is 16.4. The third-order valence-electron chi connectivity index (χ3n) is 4.46. The molecule has 4 nitrogen and oxygen atoms in total. The van der Waals surface area contributed by atoms with Crippen LogP contribution in [0.5, 0.6) is 0 Å². The highest BCUT2D eigenvalue weighted by molar-refractivity contribution is 5.73. The molecule has 140 valence electrons. The van der Waals surface area contributed by atoms with E-state index in [-0.39, 0.29) is 30.4 Å². The predicted octanol–water partition coefficient (Wildman–Crippen LogP) is -4.59. The number of aromatic amines is 1. The first-order valence-electron chi connectivity index (χ1n) is 8.61. The molecular weight excluding hydrogens is 369 g/mol. The minimum Gasteiger partial charge on any atom is -1.00 e. The molecule has 0 radical (unpaired) electrons. The minimum atomic E-state index is 0. The van der Waals surface area contributed by atoms with Crippen molar-refractivity contribution < 1.29 is 35.1 Å². The number of nitrogens with zero attached hydrogens (tertiary/aromatic N) is 1. The van der Waals surface area contributed by atoms with E-state index < -0.39 is 0 Å². The molecule has 26 heavy (non-hydrogen) atoms. The van der Waals surface area contributed by atoms with Crippen LogP contribution < -0.4 is 40.7 Å². The van der Waals surface area contributed by atoms with Crippen molar-refractivity contribution in [1.82, 2.24) is 4.57 Å². The first kappa shape index (κ1) is 22.2. The van der Waals surface area contributed by atoms with Crippen LogP contribution >= 0.6 is 0 Å². The average Bonchev–Trinajstić information content (AvgIpc) is 2.62. The molecule has 3 N–H and O–H groups in total. The number of nitrogens with one attached hydrogen (secondary N) is 1. The lowest BCUT2D eigenvalue weighted by molar-refractivity contribution is -0.686. The second-order valence-corrected chi connectivity index (χ2v) is 6.34. The zero-order valence-electron chi connectivity index (χ0n) is 14.9. The van der Waals surface area contributed by atoms with Gasteiger partial charge in [-0.15, -0.1) is 0 Å². The number of nitrogens with two attached hydrogens (primary N) is 1. The molecule has 0 saturated heterocycles. The van der Waals surface area contributed by atoms with Crippen molar-refractivity contribution in [3.8, 4) is 0 Å². The summed E-state index contributed by atoms with van der Waals surface area (Å²) in [5, 5.41) is 3.11. The van der Waals surface area contributed by atoms with Gasteiger partial charge >= 0.3 is 5.56 Å². The fourth-order valence-corrected chi connectivity index (χ4v) is 2.96. The normalized spacial score (nSPS) is 11.4. The number of quaternary nitrogens is 1. The van der Waals surface area contributed by atoms with Gasteiger partial charge in [0.05, 0.1) is 19.1 Å². The fraction of sp³-hybridized carbons (Fsp3) is 0.300. The Morgan fingerprint density at radius 1 is 1.04 bits per heavy atom. The number of benzene rings is 2. The predicted molar refractivity (Wildman–Crippen MR) is 95.8 cm³/mol. The molecule has 0 saturated carbocycles. The third-order valence-corrected chi connectivity index (χ3v) is 4.46. The molecule has 0 aliphatic rings. The lowest BCUT2D eigenvalue weighted by Gasteiger charge is -2.10. The quantitative estimate of drug-likeness (QED) is 0.431. The average molecular weight is 394 g/mol. The van der Waals surface area contributed by atoms with Gasteiger partial charge in [0, 0.05) is 12.8 Å². The Hall–Kier alpha value is -1.88. The summed E-state index contributed by atoms with van der Waals surface area (Å²) in [5.41, 5.74) is 2.35. The number of H-pyrrole nitrogens is 1. The van der Waals surface area contributed by atoms with Crippen LogP contribution in [0.25, 0.3) is 10.9 Å². The van der Waals surface area contributed by atoms with E-state index in [0.29, 0.717) is 6.04 Å². The van der Waals surface area contributed by atoms with Crippen molar-refractivity contribution in [2.75, 3.05) is 6.54 Å². The topological polar surface area (TPSA) is 52.8 Å². The molecule has 0 fully saturated rings. The summed E-state index contributed by atoms with van der Waals surface area (Å²) in [5.74, 6) is 0. The van der Waals surface area contributed by atoms with Crippen LogP contribution in [0.2, 0.25) is 0 Å². The van der Waals surface area contributed by atoms with Crippen molar-refractivity contribution in [1.29, 1.82) is 0 Å². The van der Waals surface area contributed by atoms with Crippen molar-refractivity contribution in [2.24, 2.45) is 0 Å². The Morgan fingerprint density at radius 2 is 1.73 bits per heavy atom. The number of para-hydroxylation sites is 1. The van der Waals surface area contributed by atoms with Crippen LogP contribution in [0.15, 0.2) is 65.7 Å². The van der Waals surface area contributed by atoms with Gasteiger partial charge in [-0.3, -0.25) is 0 Å². The zero-order chi connectivity index (χ0) is 16.8. The Labute approximate surface area is 166 Å². The molecule has 1 aromatic heterocycles. The second kappa shape index (κ2) is 11.0. The van der Waals surface area contributed by atoms with Crippen LogP contribution in [-0.2, 0) is 13.0 Å². The second-order valence-electron chi connectivity index (χ2n) is 6.34. The number of rotatable bonds is 7. The lowest BCUT2D eigenvalue weighted by atomic mass is 10.1. The van der Waals surface area contributed by atoms with Crippen LogP contribution in [0.4, 0.5) is 0 Å². The molecule has 3 rings (SSSR count). The molecule has 1 unspecified atom stereocenters. The highest BCUT2D eigenvalue weighted by Gasteiger charge is 2.12. The standard InChI is InChI=1S/C20H23N3O.2ClH/c1-16(21-13-11-17-7-3-2-4-8-17)12-14-23-15-22-19-10-6-5-9-18(19)20(23)24;;/h2-10,15-16,21H,11-14H2,1H3;2*1H. The van der Waals surface area contributed by atoms with Gasteiger partial charge in [0.1, 0.15) is 10.9 Å². The lowest BCUT2D eigenvalue weighted by Crippen LogP contribution is -3.00. The van der Waals surface area contributed by atoms with Crippen molar-refractivity contribution in [3.63, 3.8) is 0 Å². The van der Waals surface area contributed by atoms with Crippen molar-refractivity contribution in [2.45, 2.75) is 32.4 Å². The Kier molecular flexibility index (Phi) is 9.35. The fourth-order valence-electron chi connectivity index (χ4n) is 2.96. The summed E-state index contributed by atoms with van der Waals surface area (Å²) < 4.78 is 1.78. The van der Waals surface area contributed by atoms with E-state index in [1.54, 1.807) is 10.9 Å². The van der Waals surface area contributed by atoms with Crippen LogP contribution in [0.1, 0.15) is 18.9 Å². The van der Waals surface area contributed by atoms with Gasteiger partial charge < -0.3 is 30.1 Å². The summed E-state index contributed by atoms with van der Waals surface area (Å²) >= 11 is 0. The molecule has 0 spiro atoms. The smallest absolute Gasteiger partial charge is 0.345 e. The van der Waals surface area contributed by atoms with E-state index in [0.717, 1.165) is 36.8 Å². The maximum Gasteiger partial charge on any atom is 0.345 e. The molecule has 1 heterocycles. The van der Waals surface area contributed by atoms with E-state index in [9.17, 15) is 4.79 Å². The maximum absolute atomic E-state index is 12.5. The minimum absolute atomic E-state index is 0. The number of hydrogen-bond donors (Lipinski definition) is 1. The summed E-state index contributed by atoms with van der Waals surface area (Å²) in [6, 6.07) is 18.7. The molecule has 1 atom stereocenters. The number of hydrogen-bond acceptors (Lipinski definition) is 1. The molecule has 6 heteroatoms. The summed E-state index contributed by atoms with van der Waals surface area (Å²) in [6.45, 7) is 4.04. The highest BCUT2D eigenvalue weighted by Crippen LogP contribution is 2.02. The van der Waals surface area contributed by atoms with Gasteiger partial charge in [0.2, 0.25) is 6.33 Å². The molecule has 0 aliphatic carbocycles. The Morgan fingerprint density at radius 3 is 2.50 bits per heavy atom. The van der Waals surface area contributed by atoms with E-state index in [1.807, 2.05) is 30.3 Å². The van der Waals surface area contributed by atoms with Crippen molar-refractivity contribution >= 4 is 10.9 Å². The first-order valence-corrected chi connectivity index (χ1v) is 8.61. The van der Waals surface area contributed by atoms with Crippen molar-refractivity contribution in [3.05, 3.63) is 76.8 Å². The summed E-state index contributed by atoms with van der Waals surface area (Å²) in [6.07, 6.45) is 3.84. The van der Waals surface area contributed by atoms with E-state index in [1.165, 1.54) is 5.56 Å². The van der Waals surface area contributed by atoms with E-state index in [4.69, 9.17) is 0 Å². The monoisotopic (exact) mass is 393 g/mol. The van der Waals surface area contributed by atoms with E-state index in [2.05, 4.69) is 41.5 Å². The first-order chi connectivity index (χ1) is 11.7. The van der Waals surface area contributed by atoms with Gasteiger partial charge in [-0.1, -0.05) is 42.5 Å². The Bertz CT molecular complexity index is 852. The maximum atomic E-state index is 12.5. The number of fused-ring (bicyclic) bond motifs is 1. The van der Waals surface area contributed by atoms with Gasteiger partial charge in [-0.05, 0) is 24.6 Å². The molecule has 0 amide bonds. The molecule has 2 aromatic carbocycles. The molecule has 3 aromatic rings. The largest absolute Gasteiger partial charge is 1.00 e. The van der Waals surface area contributed by atoms with Crippen LogP contribution in [0.3, 0.4) is 0 Å². The third kappa shape index (κ3) is 5.84. The molecular formula is C20H25Cl2N3O. The molecule has 0 bridgehead atoms. The number of aryl methyl sites for hydroxylation is 1. The highest BCUT2D eigenvalue weighted by atomic mass is 35.5. The number of aromatic nitrogens is 2. The summed E-state index contributed by atoms with van der Waals surface area (Å²) in [7, 11) is 0. The number of halogens is 2. The van der Waals surface area contributed by atoms with Gasteiger partial charge in [-0.25, -0.2) is 9.78 Å². The van der Waals surface area contributed by atoms with Gasteiger partial charge in [-0.2, -0.15) is 4.57 Å². The van der Waals surface area contributed by atoms with E-state index >= 15 is 0 Å². The summed E-state index contributed by atoms with van der Waals surface area (Å²) in [4.78, 5) is 15.7. The Balaban J connectivity index is 0.00000169. The van der Waals surface area contributed by atoms with Gasteiger partial charge in [0.15, 0.2) is 0 Å². The van der Waals surface area contributed by atoms with Crippen LogP contribution in [-0.4, -0.2) is 17.2 Å².